The first-order chi connectivity index (χ1) is 8.91. The minimum Gasteiger partial charge on any atom is -0.330 e. The molecule has 0 saturated heterocycles. The average molecular weight is 264 g/mol. The van der Waals surface area contributed by atoms with Crippen LogP contribution in [-0.2, 0) is 13.5 Å². The number of aromatic nitrogens is 3. The van der Waals surface area contributed by atoms with Crippen molar-refractivity contribution < 1.29 is 0 Å². The molecule has 4 heteroatoms. The third-order valence-corrected chi connectivity index (χ3v) is 4.92. The third-order valence-electron chi connectivity index (χ3n) is 4.92. The number of hydrogen-bond donors (Lipinski definition) is 1. The lowest BCUT2D eigenvalue weighted by atomic mass is 9.65. The number of aryl methyl sites for hydroxylation is 1. The van der Waals surface area contributed by atoms with Gasteiger partial charge in [0.1, 0.15) is 12.2 Å². The van der Waals surface area contributed by atoms with E-state index in [4.69, 9.17) is 5.73 Å². The van der Waals surface area contributed by atoms with E-state index in [0.29, 0.717) is 17.3 Å². The summed E-state index contributed by atoms with van der Waals surface area (Å²) >= 11 is 0. The Bertz CT molecular complexity index is 405. The third kappa shape index (κ3) is 3.35. The molecule has 1 aliphatic rings. The lowest BCUT2D eigenvalue weighted by Crippen LogP contribution is -2.36. The second-order valence-electron chi connectivity index (χ2n) is 7.14. The largest absolute Gasteiger partial charge is 0.330 e. The molecular formula is C15H28N4. The molecule has 3 atom stereocenters. The number of nitrogens with two attached hydrogens (primary N) is 1. The van der Waals surface area contributed by atoms with E-state index >= 15 is 0 Å². The smallest absolute Gasteiger partial charge is 0.138 e. The molecule has 108 valence electrons. The van der Waals surface area contributed by atoms with E-state index in [1.807, 2.05) is 11.7 Å². The summed E-state index contributed by atoms with van der Waals surface area (Å²) in [5, 5.41) is 4.18. The molecule has 1 aromatic rings. The van der Waals surface area contributed by atoms with Crippen molar-refractivity contribution in [3.05, 3.63) is 12.2 Å². The number of nitrogens with zero attached hydrogens (tertiary/aromatic N) is 3. The minimum absolute atomic E-state index is 0.401. The summed E-state index contributed by atoms with van der Waals surface area (Å²) < 4.78 is 1.90. The van der Waals surface area contributed by atoms with Gasteiger partial charge >= 0.3 is 0 Å². The Kier molecular flexibility index (Phi) is 4.29. The van der Waals surface area contributed by atoms with Gasteiger partial charge in [0.05, 0.1) is 0 Å². The van der Waals surface area contributed by atoms with Crippen LogP contribution in [0.4, 0.5) is 0 Å². The zero-order valence-electron chi connectivity index (χ0n) is 12.8. The van der Waals surface area contributed by atoms with Crippen molar-refractivity contribution in [2.24, 2.45) is 36.0 Å². The SMILES string of the molecule is Cn1ncnc1CC1CC(C(C)(C)C)CCC1CN. The van der Waals surface area contributed by atoms with E-state index in [0.717, 1.165) is 24.7 Å². The normalized spacial score (nSPS) is 28.6. The van der Waals surface area contributed by atoms with Crippen LogP contribution in [0, 0.1) is 23.2 Å². The first-order valence-corrected chi connectivity index (χ1v) is 7.44. The monoisotopic (exact) mass is 264 g/mol. The van der Waals surface area contributed by atoms with Crippen LogP contribution >= 0.6 is 0 Å². The summed E-state index contributed by atoms with van der Waals surface area (Å²) in [5.41, 5.74) is 6.37. The number of hydrogen-bond acceptors (Lipinski definition) is 3. The molecule has 2 N–H and O–H groups in total. The Morgan fingerprint density at radius 3 is 2.58 bits per heavy atom. The molecule has 0 bridgehead atoms. The van der Waals surface area contributed by atoms with E-state index in [2.05, 4.69) is 30.9 Å². The Morgan fingerprint density at radius 2 is 2.05 bits per heavy atom. The molecule has 0 radical (unpaired) electrons. The first kappa shape index (κ1) is 14.5. The molecule has 1 heterocycles. The van der Waals surface area contributed by atoms with Crippen molar-refractivity contribution in [2.75, 3.05) is 6.54 Å². The van der Waals surface area contributed by atoms with Gasteiger partial charge in [-0.15, -0.1) is 0 Å². The van der Waals surface area contributed by atoms with Gasteiger partial charge in [0.25, 0.3) is 0 Å². The van der Waals surface area contributed by atoms with Crippen LogP contribution < -0.4 is 5.73 Å². The van der Waals surface area contributed by atoms with Gasteiger partial charge in [-0.1, -0.05) is 20.8 Å². The van der Waals surface area contributed by atoms with Gasteiger partial charge in [-0.05, 0) is 49.0 Å². The van der Waals surface area contributed by atoms with Crippen LogP contribution in [-0.4, -0.2) is 21.3 Å². The highest BCUT2D eigenvalue weighted by molar-refractivity contribution is 4.93. The average Bonchev–Trinajstić information content (AvgIpc) is 2.74. The zero-order chi connectivity index (χ0) is 14.0. The van der Waals surface area contributed by atoms with Crippen LogP contribution in [0.15, 0.2) is 6.33 Å². The van der Waals surface area contributed by atoms with E-state index in [1.165, 1.54) is 19.3 Å². The highest BCUT2D eigenvalue weighted by Gasteiger charge is 2.35. The van der Waals surface area contributed by atoms with Crippen LogP contribution in [0.3, 0.4) is 0 Å². The second-order valence-corrected chi connectivity index (χ2v) is 7.14. The minimum atomic E-state index is 0.401. The van der Waals surface area contributed by atoms with Gasteiger partial charge in [-0.3, -0.25) is 4.68 Å². The molecule has 1 aromatic heterocycles. The van der Waals surface area contributed by atoms with Crippen LogP contribution in [0.2, 0.25) is 0 Å². The summed E-state index contributed by atoms with van der Waals surface area (Å²) in [6.07, 6.45) is 6.53. The fourth-order valence-corrected chi connectivity index (χ4v) is 3.41. The summed E-state index contributed by atoms with van der Waals surface area (Å²) in [6.45, 7) is 7.89. The molecular weight excluding hydrogens is 236 g/mol. The fourth-order valence-electron chi connectivity index (χ4n) is 3.41. The Hall–Kier alpha value is -0.900. The Labute approximate surface area is 116 Å². The van der Waals surface area contributed by atoms with Crippen molar-refractivity contribution in [3.8, 4) is 0 Å². The Morgan fingerprint density at radius 1 is 1.32 bits per heavy atom. The summed E-state index contributed by atoms with van der Waals surface area (Å²) in [6, 6.07) is 0. The molecule has 0 amide bonds. The van der Waals surface area contributed by atoms with E-state index in [1.54, 1.807) is 6.33 Å². The van der Waals surface area contributed by atoms with E-state index in [9.17, 15) is 0 Å². The molecule has 0 aliphatic heterocycles. The second kappa shape index (κ2) is 5.61. The lowest BCUT2D eigenvalue weighted by Gasteiger charge is -2.41. The topological polar surface area (TPSA) is 56.7 Å². The van der Waals surface area contributed by atoms with Gasteiger partial charge < -0.3 is 5.73 Å². The van der Waals surface area contributed by atoms with Gasteiger partial charge in [-0.2, -0.15) is 5.10 Å². The standard InChI is InChI=1S/C15H28N4/c1-15(2,3)13-6-5-11(9-16)12(7-13)8-14-17-10-18-19(14)4/h10-13H,5-9,16H2,1-4H3. The number of rotatable bonds is 3. The molecule has 1 fully saturated rings. The maximum Gasteiger partial charge on any atom is 0.138 e. The van der Waals surface area contributed by atoms with Crippen LogP contribution in [0.25, 0.3) is 0 Å². The predicted octanol–water partition coefficient (Wildman–Crippen LogP) is 2.39. The molecule has 3 unspecified atom stereocenters. The van der Waals surface area contributed by atoms with Gasteiger partial charge in [-0.25, -0.2) is 4.98 Å². The zero-order valence-corrected chi connectivity index (χ0v) is 12.8. The van der Waals surface area contributed by atoms with Crippen molar-refractivity contribution >= 4 is 0 Å². The molecule has 1 aliphatic carbocycles. The molecule has 0 spiro atoms. The van der Waals surface area contributed by atoms with Gasteiger partial charge in [0.2, 0.25) is 0 Å². The predicted molar refractivity (Wildman–Crippen MR) is 77.5 cm³/mol. The quantitative estimate of drug-likeness (QED) is 0.912. The summed E-state index contributed by atoms with van der Waals surface area (Å²) in [4.78, 5) is 4.38. The van der Waals surface area contributed by atoms with Crippen molar-refractivity contribution in [1.29, 1.82) is 0 Å². The maximum atomic E-state index is 5.97. The first-order valence-electron chi connectivity index (χ1n) is 7.44. The molecule has 1 saturated carbocycles. The van der Waals surface area contributed by atoms with Crippen molar-refractivity contribution in [3.63, 3.8) is 0 Å². The highest BCUT2D eigenvalue weighted by atomic mass is 15.3. The van der Waals surface area contributed by atoms with E-state index in [-0.39, 0.29) is 0 Å². The maximum absolute atomic E-state index is 5.97. The summed E-state index contributed by atoms with van der Waals surface area (Å²) in [5.74, 6) is 3.20. The van der Waals surface area contributed by atoms with Gasteiger partial charge in [0, 0.05) is 13.5 Å². The van der Waals surface area contributed by atoms with Crippen LogP contribution in [0.1, 0.15) is 45.9 Å². The van der Waals surface area contributed by atoms with Gasteiger partial charge in [0.15, 0.2) is 0 Å². The highest BCUT2D eigenvalue weighted by Crippen LogP contribution is 2.43. The molecule has 2 rings (SSSR count). The van der Waals surface area contributed by atoms with Crippen molar-refractivity contribution in [2.45, 2.75) is 46.5 Å². The Balaban J connectivity index is 2.08. The van der Waals surface area contributed by atoms with E-state index < -0.39 is 0 Å². The summed E-state index contributed by atoms with van der Waals surface area (Å²) in [7, 11) is 1.98. The molecule has 4 nitrogen and oxygen atoms in total. The van der Waals surface area contributed by atoms with Crippen LogP contribution in [0.5, 0.6) is 0 Å². The fraction of sp³-hybridized carbons (Fsp3) is 0.867. The van der Waals surface area contributed by atoms with Crippen molar-refractivity contribution in [1.82, 2.24) is 14.8 Å². The lowest BCUT2D eigenvalue weighted by molar-refractivity contribution is 0.0995. The molecule has 0 aromatic carbocycles. The molecule has 19 heavy (non-hydrogen) atoms.